The van der Waals surface area contributed by atoms with Gasteiger partial charge in [0.25, 0.3) is 5.56 Å². The lowest BCUT2D eigenvalue weighted by Gasteiger charge is -2.17. The van der Waals surface area contributed by atoms with E-state index in [1.54, 1.807) is 11.6 Å². The molecule has 2 heterocycles. The first kappa shape index (κ1) is 22.6. The van der Waals surface area contributed by atoms with Crippen molar-refractivity contribution in [3.63, 3.8) is 0 Å². The van der Waals surface area contributed by atoms with Crippen LogP contribution in [0.2, 0.25) is 0 Å². The lowest BCUT2D eigenvalue weighted by molar-refractivity contribution is 0.266. The zero-order valence-corrected chi connectivity index (χ0v) is 19.1. The van der Waals surface area contributed by atoms with Gasteiger partial charge in [0.1, 0.15) is 17.1 Å². The van der Waals surface area contributed by atoms with Crippen molar-refractivity contribution in [2.45, 2.75) is 11.8 Å². The molecular weight excluding hydrogens is 446 g/mol. The number of hydrogen-bond donors (Lipinski definition) is 2. The van der Waals surface area contributed by atoms with Crippen LogP contribution in [0.1, 0.15) is 5.69 Å². The van der Waals surface area contributed by atoms with Crippen molar-refractivity contribution < 1.29 is 18.3 Å². The summed E-state index contributed by atoms with van der Waals surface area (Å²) in [5, 5.41) is 13.5. The highest BCUT2D eigenvalue weighted by Gasteiger charge is 2.23. The SMILES string of the molecule is COc1cc(S(=O)(=O)N(C)CCO)ccc1-c1nc2c(C)nn(-c3ccccc3)c2c(=O)[nH]1. The van der Waals surface area contributed by atoms with Crippen LogP contribution in [-0.2, 0) is 10.0 Å². The molecule has 0 saturated heterocycles. The van der Waals surface area contributed by atoms with Gasteiger partial charge in [-0.25, -0.2) is 18.1 Å². The normalized spacial score (nSPS) is 11.9. The first-order valence-electron chi connectivity index (χ1n) is 10.1. The number of hydrogen-bond acceptors (Lipinski definition) is 7. The number of nitrogens with zero attached hydrogens (tertiary/aromatic N) is 4. The van der Waals surface area contributed by atoms with Crippen molar-refractivity contribution in [1.82, 2.24) is 24.1 Å². The Morgan fingerprint density at radius 3 is 2.58 bits per heavy atom. The average Bonchev–Trinajstić information content (AvgIpc) is 3.16. The number of ether oxygens (including phenoxy) is 1. The van der Waals surface area contributed by atoms with Crippen LogP contribution < -0.4 is 10.3 Å². The summed E-state index contributed by atoms with van der Waals surface area (Å²) in [6, 6.07) is 13.6. The van der Waals surface area contributed by atoms with Crippen LogP contribution in [0.3, 0.4) is 0 Å². The van der Waals surface area contributed by atoms with E-state index < -0.39 is 10.0 Å². The van der Waals surface area contributed by atoms with Gasteiger partial charge in [0.05, 0.1) is 35.6 Å². The third-order valence-electron chi connectivity index (χ3n) is 5.25. The fourth-order valence-corrected chi connectivity index (χ4v) is 4.69. The number of likely N-dealkylation sites (N-methyl/N-ethyl adjacent to an activating group) is 1. The fraction of sp³-hybridized carbons (Fsp3) is 0.227. The van der Waals surface area contributed by atoms with Crippen LogP contribution in [0.25, 0.3) is 28.1 Å². The summed E-state index contributed by atoms with van der Waals surface area (Å²) in [4.78, 5) is 20.4. The molecule has 0 aliphatic carbocycles. The van der Waals surface area contributed by atoms with Gasteiger partial charge in [0.15, 0.2) is 5.52 Å². The van der Waals surface area contributed by atoms with Crippen molar-refractivity contribution in [2.75, 3.05) is 27.3 Å². The molecule has 172 valence electrons. The van der Waals surface area contributed by atoms with Crippen LogP contribution in [-0.4, -0.2) is 64.9 Å². The molecule has 0 bridgehead atoms. The number of para-hydroxylation sites is 1. The summed E-state index contributed by atoms with van der Waals surface area (Å²) in [5.41, 5.74) is 2.08. The molecule has 0 amide bonds. The summed E-state index contributed by atoms with van der Waals surface area (Å²) in [7, 11) is -1.04. The van der Waals surface area contributed by atoms with Crippen LogP contribution in [0.4, 0.5) is 0 Å². The highest BCUT2D eigenvalue weighted by molar-refractivity contribution is 7.89. The number of aliphatic hydroxyl groups is 1. The standard InChI is InChI=1S/C22H23N5O5S/c1-14-19-20(27(25-14)15-7-5-4-6-8-15)22(29)24-21(23-19)17-10-9-16(13-18(17)32-3)33(30,31)26(2)11-12-28/h4-10,13,28H,11-12H2,1-3H3,(H,23,24,29). The van der Waals surface area contributed by atoms with Crippen LogP contribution in [0.15, 0.2) is 58.2 Å². The molecule has 11 heteroatoms. The van der Waals surface area contributed by atoms with Crippen LogP contribution in [0.5, 0.6) is 5.75 Å². The monoisotopic (exact) mass is 469 g/mol. The van der Waals surface area contributed by atoms with Gasteiger partial charge < -0.3 is 14.8 Å². The Balaban J connectivity index is 1.85. The van der Waals surface area contributed by atoms with Crippen LogP contribution in [0, 0.1) is 6.92 Å². The number of fused-ring (bicyclic) bond motifs is 1. The van der Waals surface area contributed by atoms with Crippen molar-refractivity contribution in [3.05, 3.63) is 64.6 Å². The smallest absolute Gasteiger partial charge is 0.277 e. The molecule has 0 atom stereocenters. The Morgan fingerprint density at radius 2 is 1.91 bits per heavy atom. The topological polar surface area (TPSA) is 130 Å². The maximum atomic E-state index is 13.0. The molecule has 0 spiro atoms. The molecule has 2 N–H and O–H groups in total. The molecule has 0 aliphatic heterocycles. The number of aromatic nitrogens is 4. The van der Waals surface area contributed by atoms with Gasteiger partial charge in [-0.3, -0.25) is 4.79 Å². The van der Waals surface area contributed by atoms with E-state index in [0.29, 0.717) is 22.3 Å². The first-order chi connectivity index (χ1) is 15.8. The maximum absolute atomic E-state index is 13.0. The number of aryl methyl sites for hydroxylation is 1. The molecule has 2 aromatic heterocycles. The molecule has 10 nitrogen and oxygen atoms in total. The molecule has 0 radical (unpaired) electrons. The number of rotatable bonds is 7. The number of sulfonamides is 1. The number of nitrogens with one attached hydrogen (secondary N) is 1. The Morgan fingerprint density at radius 1 is 1.18 bits per heavy atom. The zero-order chi connectivity index (χ0) is 23.8. The molecule has 4 aromatic rings. The van der Waals surface area contributed by atoms with Crippen LogP contribution >= 0.6 is 0 Å². The highest BCUT2D eigenvalue weighted by Crippen LogP contribution is 2.31. The molecular formula is C22H23N5O5S. The predicted molar refractivity (Wildman–Crippen MR) is 123 cm³/mol. The average molecular weight is 470 g/mol. The lowest BCUT2D eigenvalue weighted by atomic mass is 10.2. The summed E-state index contributed by atoms with van der Waals surface area (Å²) in [5.74, 6) is 0.455. The third-order valence-corrected chi connectivity index (χ3v) is 7.10. The quantitative estimate of drug-likeness (QED) is 0.421. The zero-order valence-electron chi connectivity index (χ0n) is 18.3. The number of benzene rings is 2. The van der Waals surface area contributed by atoms with E-state index in [4.69, 9.17) is 9.84 Å². The van der Waals surface area contributed by atoms with Crippen molar-refractivity contribution >= 4 is 21.1 Å². The van der Waals surface area contributed by atoms with E-state index in [2.05, 4.69) is 15.1 Å². The lowest BCUT2D eigenvalue weighted by Crippen LogP contribution is -2.29. The molecule has 4 rings (SSSR count). The number of H-pyrrole nitrogens is 1. The van der Waals surface area contributed by atoms with E-state index in [1.165, 1.54) is 32.4 Å². The summed E-state index contributed by atoms with van der Waals surface area (Å²) >= 11 is 0. The van der Waals surface area contributed by atoms with E-state index in [0.717, 1.165) is 9.99 Å². The van der Waals surface area contributed by atoms with E-state index in [1.807, 2.05) is 30.3 Å². The van der Waals surface area contributed by atoms with Crippen molar-refractivity contribution in [3.8, 4) is 22.8 Å². The largest absolute Gasteiger partial charge is 0.496 e. The van der Waals surface area contributed by atoms with Gasteiger partial charge in [0.2, 0.25) is 10.0 Å². The second kappa shape index (κ2) is 8.77. The Labute approximate surface area is 190 Å². The predicted octanol–water partition coefficient (Wildman–Crippen LogP) is 1.71. The Bertz CT molecular complexity index is 1480. The van der Waals surface area contributed by atoms with Crippen molar-refractivity contribution in [2.24, 2.45) is 0 Å². The minimum atomic E-state index is -3.82. The maximum Gasteiger partial charge on any atom is 0.277 e. The fourth-order valence-electron chi connectivity index (χ4n) is 3.52. The number of aromatic amines is 1. The molecule has 33 heavy (non-hydrogen) atoms. The van der Waals surface area contributed by atoms with Gasteiger partial charge in [-0.1, -0.05) is 18.2 Å². The molecule has 2 aromatic carbocycles. The number of aliphatic hydroxyl groups excluding tert-OH is 1. The van der Waals surface area contributed by atoms with E-state index >= 15 is 0 Å². The number of methoxy groups -OCH3 is 1. The first-order valence-corrected chi connectivity index (χ1v) is 11.5. The van der Waals surface area contributed by atoms with Gasteiger partial charge in [-0.15, -0.1) is 0 Å². The van der Waals surface area contributed by atoms with Crippen molar-refractivity contribution in [1.29, 1.82) is 0 Å². The van der Waals surface area contributed by atoms with Gasteiger partial charge in [0, 0.05) is 19.7 Å². The second-order valence-electron chi connectivity index (χ2n) is 7.36. The van der Waals surface area contributed by atoms with E-state index in [9.17, 15) is 13.2 Å². The summed E-state index contributed by atoms with van der Waals surface area (Å²) < 4.78 is 33.5. The van der Waals surface area contributed by atoms with E-state index in [-0.39, 0.29) is 35.2 Å². The van der Waals surface area contributed by atoms with Gasteiger partial charge in [-0.2, -0.15) is 9.40 Å². The summed E-state index contributed by atoms with van der Waals surface area (Å²) in [6.07, 6.45) is 0. The van der Waals surface area contributed by atoms with Gasteiger partial charge in [-0.05, 0) is 31.2 Å². The minimum Gasteiger partial charge on any atom is -0.496 e. The second-order valence-corrected chi connectivity index (χ2v) is 9.40. The Hall–Kier alpha value is -3.54. The molecule has 0 saturated carbocycles. The third kappa shape index (κ3) is 4.01. The Kier molecular flexibility index (Phi) is 6.02. The highest BCUT2D eigenvalue weighted by atomic mass is 32.2. The minimum absolute atomic E-state index is 0.00412. The molecule has 0 aliphatic rings. The summed E-state index contributed by atoms with van der Waals surface area (Å²) in [6.45, 7) is 1.43. The molecule has 0 fully saturated rings. The van der Waals surface area contributed by atoms with Gasteiger partial charge >= 0.3 is 0 Å². The molecule has 0 unspecified atom stereocenters.